The van der Waals surface area contributed by atoms with E-state index in [1.807, 2.05) is 0 Å². The zero-order valence-corrected chi connectivity index (χ0v) is 6.71. The fourth-order valence-corrected chi connectivity index (χ4v) is 0.832. The summed E-state index contributed by atoms with van der Waals surface area (Å²) in [4.78, 5) is 11.4. The van der Waals surface area contributed by atoms with E-state index < -0.39 is 0 Å². The quantitative estimate of drug-likeness (QED) is 0.688. The van der Waals surface area contributed by atoms with Crippen LogP contribution in [0.3, 0.4) is 0 Å². The summed E-state index contributed by atoms with van der Waals surface area (Å²) < 4.78 is 5.36. The molecule has 0 aromatic carbocycles. The van der Waals surface area contributed by atoms with Crippen LogP contribution in [0.2, 0.25) is 0 Å². The van der Waals surface area contributed by atoms with Crippen molar-refractivity contribution in [3.05, 3.63) is 43.1 Å². The third kappa shape index (κ3) is 1.99. The predicted molar refractivity (Wildman–Crippen MR) is 45.2 cm³/mol. The summed E-state index contributed by atoms with van der Waals surface area (Å²) >= 11 is 0. The van der Waals surface area contributed by atoms with Crippen LogP contribution in [-0.4, -0.2) is 15.0 Å². The van der Waals surface area contributed by atoms with Gasteiger partial charge in [-0.25, -0.2) is 9.97 Å². The molecule has 0 unspecified atom stereocenters. The number of aromatic nitrogens is 3. The molecule has 4 nitrogen and oxygen atoms in total. The van der Waals surface area contributed by atoms with Crippen LogP contribution in [0.25, 0.3) is 0 Å². The maximum absolute atomic E-state index is 5.36. The van der Waals surface area contributed by atoms with Crippen LogP contribution in [-0.2, 0) is 0 Å². The van der Waals surface area contributed by atoms with Crippen LogP contribution in [0.15, 0.2) is 36.9 Å². The minimum absolute atomic E-state index is 0.473. The van der Waals surface area contributed by atoms with Crippen LogP contribution < -0.4 is 4.74 Å². The number of hydrogen-bond acceptors (Lipinski definition) is 4. The molecule has 2 aromatic heterocycles. The second kappa shape index (κ2) is 3.62. The molecule has 0 saturated heterocycles. The van der Waals surface area contributed by atoms with Crippen molar-refractivity contribution in [1.82, 2.24) is 15.0 Å². The Hall–Kier alpha value is -1.97. The fraction of sp³-hybridized carbons (Fsp3) is 0. The monoisotopic (exact) mass is 172 g/mol. The summed E-state index contributed by atoms with van der Waals surface area (Å²) in [7, 11) is 0. The minimum Gasteiger partial charge on any atom is -0.439 e. The first-order valence-electron chi connectivity index (χ1n) is 3.71. The lowest BCUT2D eigenvalue weighted by atomic mass is 10.4. The molecule has 0 N–H and O–H groups in total. The van der Waals surface area contributed by atoms with Crippen molar-refractivity contribution in [1.29, 1.82) is 0 Å². The summed E-state index contributed by atoms with van der Waals surface area (Å²) in [5.41, 5.74) is 0. The predicted octanol–water partition coefficient (Wildman–Crippen LogP) is 1.46. The molecule has 2 heterocycles. The lowest BCUT2D eigenvalue weighted by molar-refractivity contribution is 0.460. The van der Waals surface area contributed by atoms with E-state index in [1.54, 1.807) is 30.6 Å². The van der Waals surface area contributed by atoms with E-state index in [1.165, 1.54) is 6.33 Å². The largest absolute Gasteiger partial charge is 0.439 e. The molecule has 13 heavy (non-hydrogen) atoms. The number of ether oxygens (including phenoxy) is 1. The Morgan fingerprint density at radius 1 is 1.23 bits per heavy atom. The molecule has 1 radical (unpaired) electrons. The number of rotatable bonds is 2. The summed E-state index contributed by atoms with van der Waals surface area (Å²) in [5.74, 6) is 1.17. The molecule has 63 valence electrons. The molecular weight excluding hydrogens is 166 g/mol. The molecular formula is C9H6N3O. The van der Waals surface area contributed by atoms with Crippen LogP contribution >= 0.6 is 0 Å². The standard InChI is InChI=1S/C9H6N3O/c1-4-10-5-2-8(1)13-9-3-6-11-7-12-9/h1-5,7H. The van der Waals surface area contributed by atoms with Gasteiger partial charge in [-0.15, -0.1) is 0 Å². The molecule has 0 amide bonds. The van der Waals surface area contributed by atoms with Gasteiger partial charge in [0, 0.05) is 18.5 Å². The highest BCUT2D eigenvalue weighted by Crippen LogP contribution is 2.15. The van der Waals surface area contributed by atoms with Gasteiger partial charge in [0.25, 0.3) is 0 Å². The van der Waals surface area contributed by atoms with Gasteiger partial charge < -0.3 is 4.74 Å². The number of pyridine rings is 1. The Morgan fingerprint density at radius 2 is 2.08 bits per heavy atom. The van der Waals surface area contributed by atoms with Gasteiger partial charge in [0.1, 0.15) is 12.1 Å². The number of nitrogens with zero attached hydrogens (tertiary/aromatic N) is 3. The van der Waals surface area contributed by atoms with Crippen molar-refractivity contribution < 1.29 is 4.74 Å². The second-order valence-electron chi connectivity index (χ2n) is 2.27. The topological polar surface area (TPSA) is 47.9 Å². The first kappa shape index (κ1) is 7.67. The van der Waals surface area contributed by atoms with Crippen molar-refractivity contribution >= 4 is 0 Å². The number of hydrogen-bond donors (Lipinski definition) is 0. The molecule has 0 saturated carbocycles. The van der Waals surface area contributed by atoms with Crippen molar-refractivity contribution in [2.45, 2.75) is 0 Å². The lowest BCUT2D eigenvalue weighted by Gasteiger charge is -2.01. The first-order chi connectivity index (χ1) is 6.45. The van der Waals surface area contributed by atoms with E-state index in [4.69, 9.17) is 4.74 Å². The van der Waals surface area contributed by atoms with E-state index in [0.29, 0.717) is 11.6 Å². The summed E-state index contributed by atoms with van der Waals surface area (Å²) in [6, 6.07) is 5.07. The highest BCUT2D eigenvalue weighted by Gasteiger charge is 1.95. The Labute approximate surface area is 75.3 Å². The minimum atomic E-state index is 0.473. The molecule has 0 bridgehead atoms. The Balaban J connectivity index is 2.16. The smallest absolute Gasteiger partial charge is 0.222 e. The van der Waals surface area contributed by atoms with E-state index in [9.17, 15) is 0 Å². The van der Waals surface area contributed by atoms with Crippen LogP contribution in [0.1, 0.15) is 0 Å². The summed E-state index contributed by atoms with van der Waals surface area (Å²) in [6.45, 7) is 0. The Bertz CT molecular complexity index is 326. The van der Waals surface area contributed by atoms with Crippen molar-refractivity contribution in [2.75, 3.05) is 0 Å². The zero-order chi connectivity index (χ0) is 8.93. The van der Waals surface area contributed by atoms with E-state index >= 15 is 0 Å². The molecule has 0 spiro atoms. The maximum Gasteiger partial charge on any atom is 0.222 e. The Kier molecular flexibility index (Phi) is 2.14. The third-order valence-electron chi connectivity index (χ3n) is 1.38. The van der Waals surface area contributed by atoms with Gasteiger partial charge in [-0.05, 0) is 12.1 Å². The van der Waals surface area contributed by atoms with Crippen molar-refractivity contribution in [3.8, 4) is 11.6 Å². The van der Waals surface area contributed by atoms with Crippen LogP contribution in [0, 0.1) is 6.20 Å². The lowest BCUT2D eigenvalue weighted by Crippen LogP contribution is -1.87. The van der Waals surface area contributed by atoms with E-state index in [0.717, 1.165) is 0 Å². The second-order valence-corrected chi connectivity index (χ2v) is 2.27. The SMILES string of the molecule is [c]1cc(Oc2ccncc2)ncn1. The van der Waals surface area contributed by atoms with Crippen molar-refractivity contribution in [2.24, 2.45) is 0 Å². The zero-order valence-electron chi connectivity index (χ0n) is 6.71. The van der Waals surface area contributed by atoms with Gasteiger partial charge in [-0.1, -0.05) is 0 Å². The van der Waals surface area contributed by atoms with Gasteiger partial charge in [-0.3, -0.25) is 4.98 Å². The summed E-state index contributed by atoms with van der Waals surface area (Å²) in [6.07, 6.45) is 7.32. The molecule has 0 aliphatic carbocycles. The maximum atomic E-state index is 5.36. The van der Waals surface area contributed by atoms with E-state index in [-0.39, 0.29) is 0 Å². The average molecular weight is 172 g/mol. The molecule has 2 rings (SSSR count). The van der Waals surface area contributed by atoms with Gasteiger partial charge in [0.2, 0.25) is 5.88 Å². The van der Waals surface area contributed by atoms with Gasteiger partial charge in [-0.2, -0.15) is 0 Å². The fourth-order valence-electron chi connectivity index (χ4n) is 0.832. The molecule has 0 aliphatic rings. The summed E-state index contributed by atoms with van der Waals surface area (Å²) in [5, 5.41) is 0. The van der Waals surface area contributed by atoms with Crippen molar-refractivity contribution in [3.63, 3.8) is 0 Å². The normalized spacial score (nSPS) is 9.54. The van der Waals surface area contributed by atoms with Crippen LogP contribution in [0.4, 0.5) is 0 Å². The highest BCUT2D eigenvalue weighted by atomic mass is 16.5. The highest BCUT2D eigenvalue weighted by molar-refractivity contribution is 5.22. The van der Waals surface area contributed by atoms with E-state index in [2.05, 4.69) is 21.1 Å². The average Bonchev–Trinajstić information content (AvgIpc) is 2.21. The Morgan fingerprint density at radius 3 is 2.77 bits per heavy atom. The molecule has 0 atom stereocenters. The molecule has 4 heteroatoms. The van der Waals surface area contributed by atoms with Gasteiger partial charge >= 0.3 is 0 Å². The van der Waals surface area contributed by atoms with Gasteiger partial charge in [0.05, 0.1) is 6.20 Å². The first-order valence-corrected chi connectivity index (χ1v) is 3.71. The van der Waals surface area contributed by atoms with Crippen LogP contribution in [0.5, 0.6) is 11.6 Å². The molecule has 2 aromatic rings. The van der Waals surface area contributed by atoms with Gasteiger partial charge in [0.15, 0.2) is 0 Å². The third-order valence-corrected chi connectivity index (χ3v) is 1.38. The molecule has 0 fully saturated rings. The molecule has 0 aliphatic heterocycles.